The van der Waals surface area contributed by atoms with E-state index >= 15 is 0 Å². The van der Waals surface area contributed by atoms with Gasteiger partial charge >= 0.3 is 0 Å². The van der Waals surface area contributed by atoms with E-state index in [4.69, 9.17) is 13.6 Å². The van der Waals surface area contributed by atoms with Crippen molar-refractivity contribution in [3.63, 3.8) is 0 Å². The zero-order valence-electron chi connectivity index (χ0n) is 16.6. The van der Waals surface area contributed by atoms with Gasteiger partial charge in [0.25, 0.3) is 5.91 Å². The summed E-state index contributed by atoms with van der Waals surface area (Å²) in [6.45, 7) is 5.79. The largest absolute Gasteiger partial charge is 0.465 e. The molecule has 0 radical (unpaired) electrons. The molecule has 0 bridgehead atoms. The number of aryl methyl sites for hydroxylation is 1. The Morgan fingerprint density at radius 3 is 2.72 bits per heavy atom. The molecule has 0 aliphatic carbocycles. The normalized spacial score (nSPS) is 21.3. The lowest BCUT2D eigenvalue weighted by atomic mass is 10.1. The van der Waals surface area contributed by atoms with E-state index < -0.39 is 6.04 Å². The monoisotopic (exact) mass is 401 g/mol. The van der Waals surface area contributed by atoms with Crippen LogP contribution in [0.2, 0.25) is 0 Å². The predicted molar refractivity (Wildman–Crippen MR) is 104 cm³/mol. The molecule has 0 aromatic carbocycles. The van der Waals surface area contributed by atoms with Crippen LogP contribution in [0.5, 0.6) is 0 Å². The summed E-state index contributed by atoms with van der Waals surface area (Å²) in [5, 5.41) is 3.05. The summed E-state index contributed by atoms with van der Waals surface area (Å²) in [4.78, 5) is 29.5. The first-order chi connectivity index (χ1) is 14.1. The smallest absolute Gasteiger partial charge is 0.290 e. The highest BCUT2D eigenvalue weighted by Crippen LogP contribution is 2.24. The molecular weight excluding hydrogens is 374 g/mol. The van der Waals surface area contributed by atoms with E-state index in [1.807, 2.05) is 19.1 Å². The molecule has 2 saturated heterocycles. The summed E-state index contributed by atoms with van der Waals surface area (Å²) < 4.78 is 16.5. The van der Waals surface area contributed by atoms with Crippen LogP contribution in [0.4, 0.5) is 0 Å². The molecule has 2 atom stereocenters. The molecule has 2 aliphatic rings. The van der Waals surface area contributed by atoms with Gasteiger partial charge in [0, 0.05) is 26.2 Å². The van der Waals surface area contributed by atoms with E-state index in [1.54, 1.807) is 17.0 Å². The fraction of sp³-hybridized carbons (Fsp3) is 0.524. The van der Waals surface area contributed by atoms with E-state index in [0.29, 0.717) is 32.7 Å². The standard InChI is InChI=1S/C21H27N3O5/c1-15-6-7-18(29-15)17(23-9-12-27-13-10-23)14-22-20(25)16-4-2-8-24(16)21(26)19-5-3-11-28-19/h3,5-7,11,16-17H,2,4,8-10,12-14H2,1H3,(H,22,25)/t16-,17?/m0/s1. The topological polar surface area (TPSA) is 88.2 Å². The average molecular weight is 401 g/mol. The van der Waals surface area contributed by atoms with Gasteiger partial charge in [0.1, 0.15) is 17.6 Å². The van der Waals surface area contributed by atoms with Crippen LogP contribution in [0.1, 0.15) is 41.0 Å². The molecule has 8 heteroatoms. The molecule has 8 nitrogen and oxygen atoms in total. The van der Waals surface area contributed by atoms with Gasteiger partial charge in [0.15, 0.2) is 5.76 Å². The molecule has 2 aliphatic heterocycles. The Balaban J connectivity index is 1.42. The molecule has 4 heterocycles. The van der Waals surface area contributed by atoms with Gasteiger partial charge in [-0.05, 0) is 44.0 Å². The van der Waals surface area contributed by atoms with Crippen LogP contribution in [-0.2, 0) is 9.53 Å². The van der Waals surface area contributed by atoms with Crippen LogP contribution in [0.3, 0.4) is 0 Å². The quantitative estimate of drug-likeness (QED) is 0.796. The van der Waals surface area contributed by atoms with Gasteiger partial charge in [0.05, 0.1) is 25.5 Å². The maximum absolute atomic E-state index is 12.9. The van der Waals surface area contributed by atoms with Crippen molar-refractivity contribution >= 4 is 11.8 Å². The molecule has 29 heavy (non-hydrogen) atoms. The van der Waals surface area contributed by atoms with Gasteiger partial charge in [-0.2, -0.15) is 0 Å². The molecule has 2 amide bonds. The lowest BCUT2D eigenvalue weighted by molar-refractivity contribution is -0.125. The summed E-state index contributed by atoms with van der Waals surface area (Å²) in [5.41, 5.74) is 0. The number of carbonyl (C=O) groups is 2. The van der Waals surface area contributed by atoms with Crippen molar-refractivity contribution in [1.82, 2.24) is 15.1 Å². The van der Waals surface area contributed by atoms with Gasteiger partial charge in [-0.1, -0.05) is 0 Å². The Kier molecular flexibility index (Phi) is 6.01. The summed E-state index contributed by atoms with van der Waals surface area (Å²) in [6.07, 6.45) is 2.92. The second kappa shape index (κ2) is 8.84. The molecule has 4 rings (SSSR count). The number of nitrogens with zero attached hydrogens (tertiary/aromatic N) is 2. The fourth-order valence-electron chi connectivity index (χ4n) is 4.07. The number of furan rings is 2. The van der Waals surface area contributed by atoms with Gasteiger partial charge in [0.2, 0.25) is 5.91 Å². The average Bonchev–Trinajstić information content (AvgIpc) is 3.50. The maximum atomic E-state index is 12.9. The van der Waals surface area contributed by atoms with Crippen LogP contribution in [-0.4, -0.2) is 67.0 Å². The van der Waals surface area contributed by atoms with Gasteiger partial charge in [-0.25, -0.2) is 0 Å². The number of amides is 2. The van der Waals surface area contributed by atoms with Crippen LogP contribution >= 0.6 is 0 Å². The minimum absolute atomic E-state index is 0.0628. The van der Waals surface area contributed by atoms with Crippen LogP contribution < -0.4 is 5.32 Å². The van der Waals surface area contributed by atoms with Crippen molar-refractivity contribution < 1.29 is 23.2 Å². The number of ether oxygens (including phenoxy) is 1. The molecule has 1 N–H and O–H groups in total. The van der Waals surface area contributed by atoms with E-state index in [0.717, 1.165) is 31.0 Å². The number of rotatable bonds is 6. The highest BCUT2D eigenvalue weighted by molar-refractivity contribution is 5.95. The van der Waals surface area contributed by atoms with Crippen LogP contribution in [0.25, 0.3) is 0 Å². The molecule has 0 spiro atoms. The Bertz CT molecular complexity index is 825. The third-order valence-electron chi connectivity index (χ3n) is 5.59. The Labute approximate surface area is 169 Å². The van der Waals surface area contributed by atoms with Crippen molar-refractivity contribution in [3.8, 4) is 0 Å². The Morgan fingerprint density at radius 1 is 1.21 bits per heavy atom. The minimum Gasteiger partial charge on any atom is -0.465 e. The summed E-state index contributed by atoms with van der Waals surface area (Å²) in [5.74, 6) is 1.57. The second-order valence-electron chi connectivity index (χ2n) is 7.49. The molecule has 0 saturated carbocycles. The third-order valence-corrected chi connectivity index (χ3v) is 5.59. The first-order valence-corrected chi connectivity index (χ1v) is 10.1. The van der Waals surface area contributed by atoms with Crippen LogP contribution in [0, 0.1) is 6.92 Å². The fourth-order valence-corrected chi connectivity index (χ4v) is 4.07. The number of hydrogen-bond donors (Lipinski definition) is 1. The SMILES string of the molecule is Cc1ccc(C(CNC(=O)[C@@H]2CCCN2C(=O)c2ccco2)N2CCOCC2)o1. The zero-order valence-corrected chi connectivity index (χ0v) is 16.6. The Morgan fingerprint density at radius 2 is 2.03 bits per heavy atom. The molecule has 2 aromatic heterocycles. The molecule has 2 fully saturated rings. The Hall–Kier alpha value is -2.58. The third kappa shape index (κ3) is 4.38. The zero-order chi connectivity index (χ0) is 20.2. The van der Waals surface area contributed by atoms with E-state index in [-0.39, 0.29) is 23.6 Å². The maximum Gasteiger partial charge on any atom is 0.290 e. The number of hydrogen-bond acceptors (Lipinski definition) is 6. The highest BCUT2D eigenvalue weighted by Gasteiger charge is 2.36. The summed E-state index contributed by atoms with van der Waals surface area (Å²) >= 11 is 0. The van der Waals surface area contributed by atoms with E-state index in [2.05, 4.69) is 10.2 Å². The van der Waals surface area contributed by atoms with Crippen molar-refractivity contribution in [2.75, 3.05) is 39.4 Å². The van der Waals surface area contributed by atoms with Crippen molar-refractivity contribution in [1.29, 1.82) is 0 Å². The van der Waals surface area contributed by atoms with Crippen molar-refractivity contribution in [2.45, 2.75) is 31.8 Å². The lowest BCUT2D eigenvalue weighted by Crippen LogP contribution is -2.49. The predicted octanol–water partition coefficient (Wildman–Crippen LogP) is 1.98. The van der Waals surface area contributed by atoms with E-state index in [1.165, 1.54) is 6.26 Å². The summed E-state index contributed by atoms with van der Waals surface area (Å²) in [7, 11) is 0. The first-order valence-electron chi connectivity index (χ1n) is 10.1. The lowest BCUT2D eigenvalue weighted by Gasteiger charge is -2.34. The second-order valence-corrected chi connectivity index (χ2v) is 7.49. The molecular formula is C21H27N3O5. The molecule has 2 aromatic rings. The minimum atomic E-state index is -0.476. The number of carbonyl (C=O) groups excluding carboxylic acids is 2. The van der Waals surface area contributed by atoms with E-state index in [9.17, 15) is 9.59 Å². The van der Waals surface area contributed by atoms with Gasteiger partial charge in [-0.3, -0.25) is 14.5 Å². The van der Waals surface area contributed by atoms with Gasteiger partial charge < -0.3 is 23.8 Å². The number of morpholine rings is 1. The first kappa shape index (κ1) is 19.7. The van der Waals surface area contributed by atoms with Gasteiger partial charge in [-0.15, -0.1) is 0 Å². The van der Waals surface area contributed by atoms with Crippen molar-refractivity contribution in [2.24, 2.45) is 0 Å². The molecule has 1 unspecified atom stereocenters. The number of nitrogens with one attached hydrogen (secondary N) is 1. The van der Waals surface area contributed by atoms with Crippen LogP contribution in [0.15, 0.2) is 39.4 Å². The summed E-state index contributed by atoms with van der Waals surface area (Å²) in [6, 6.07) is 6.67. The van der Waals surface area contributed by atoms with Crippen molar-refractivity contribution in [3.05, 3.63) is 47.8 Å². The molecule has 156 valence electrons. The highest BCUT2D eigenvalue weighted by atomic mass is 16.5. The number of likely N-dealkylation sites (tertiary alicyclic amines) is 1.